The topological polar surface area (TPSA) is 55.1 Å². The molecule has 1 rings (SSSR count). The van der Waals surface area contributed by atoms with Gasteiger partial charge in [-0.15, -0.1) is 0 Å². The van der Waals surface area contributed by atoms with Gasteiger partial charge in [0, 0.05) is 16.8 Å². The molecule has 4 heteroatoms. The number of nitrogen functional groups attached to an aromatic ring is 1. The van der Waals surface area contributed by atoms with Crippen molar-refractivity contribution in [3.63, 3.8) is 0 Å². The van der Waals surface area contributed by atoms with Crippen molar-refractivity contribution in [1.82, 2.24) is 5.32 Å². The van der Waals surface area contributed by atoms with Crippen LogP contribution in [0.1, 0.15) is 44.0 Å². The third kappa shape index (κ3) is 4.57. The first-order valence-corrected chi connectivity index (χ1v) is 6.64. The molecular formula is C14H21ClN2O. The highest BCUT2D eigenvalue weighted by Gasteiger charge is 2.13. The van der Waals surface area contributed by atoms with E-state index in [4.69, 9.17) is 17.3 Å². The van der Waals surface area contributed by atoms with E-state index in [0.717, 1.165) is 12.8 Å². The van der Waals surface area contributed by atoms with Crippen LogP contribution >= 0.6 is 11.6 Å². The van der Waals surface area contributed by atoms with Crippen molar-refractivity contribution in [2.45, 2.75) is 39.7 Å². The number of hydrogen-bond donors (Lipinski definition) is 2. The van der Waals surface area contributed by atoms with Crippen molar-refractivity contribution in [1.29, 1.82) is 0 Å². The van der Waals surface area contributed by atoms with Gasteiger partial charge in [-0.3, -0.25) is 4.79 Å². The minimum Gasteiger partial charge on any atom is -0.398 e. The largest absolute Gasteiger partial charge is 0.398 e. The molecule has 0 heterocycles. The Kier molecular flexibility index (Phi) is 5.48. The van der Waals surface area contributed by atoms with Crippen LogP contribution in [0.25, 0.3) is 0 Å². The predicted molar refractivity (Wildman–Crippen MR) is 76.9 cm³/mol. The van der Waals surface area contributed by atoms with Crippen molar-refractivity contribution < 1.29 is 4.79 Å². The molecule has 0 saturated carbocycles. The normalized spacial score (nSPS) is 12.5. The van der Waals surface area contributed by atoms with Crippen molar-refractivity contribution in [2.24, 2.45) is 5.92 Å². The summed E-state index contributed by atoms with van der Waals surface area (Å²) in [7, 11) is 0. The van der Waals surface area contributed by atoms with Crippen LogP contribution < -0.4 is 11.1 Å². The van der Waals surface area contributed by atoms with E-state index in [1.165, 1.54) is 0 Å². The fourth-order valence-corrected chi connectivity index (χ4v) is 1.85. The Balaban J connectivity index is 2.62. The molecule has 3 N–H and O–H groups in total. The monoisotopic (exact) mass is 268 g/mol. The zero-order valence-electron chi connectivity index (χ0n) is 11.2. The average molecular weight is 269 g/mol. The molecule has 0 aliphatic rings. The van der Waals surface area contributed by atoms with Gasteiger partial charge in [0.25, 0.3) is 5.91 Å². The van der Waals surface area contributed by atoms with Gasteiger partial charge in [-0.05, 0) is 43.9 Å². The fourth-order valence-electron chi connectivity index (χ4n) is 1.68. The molecule has 0 saturated heterocycles. The molecule has 0 aliphatic carbocycles. The third-order valence-electron chi connectivity index (χ3n) is 2.81. The lowest BCUT2D eigenvalue weighted by molar-refractivity contribution is 0.0938. The van der Waals surface area contributed by atoms with E-state index in [1.54, 1.807) is 18.2 Å². The molecular weight excluding hydrogens is 248 g/mol. The van der Waals surface area contributed by atoms with E-state index >= 15 is 0 Å². The van der Waals surface area contributed by atoms with Crippen LogP contribution in [0.2, 0.25) is 5.02 Å². The molecule has 0 bridgehead atoms. The Morgan fingerprint density at radius 2 is 2.00 bits per heavy atom. The van der Waals surface area contributed by atoms with Crippen LogP contribution in [0.5, 0.6) is 0 Å². The first-order chi connectivity index (χ1) is 8.40. The summed E-state index contributed by atoms with van der Waals surface area (Å²) in [6.07, 6.45) is 2.05. The molecule has 1 unspecified atom stereocenters. The maximum Gasteiger partial charge on any atom is 0.253 e. The van der Waals surface area contributed by atoms with Gasteiger partial charge in [0.1, 0.15) is 0 Å². The van der Waals surface area contributed by atoms with Crippen LogP contribution in [0, 0.1) is 5.92 Å². The second-order valence-corrected chi connectivity index (χ2v) is 5.51. The summed E-state index contributed by atoms with van der Waals surface area (Å²) in [6.45, 7) is 6.34. The Hall–Kier alpha value is -1.22. The highest BCUT2D eigenvalue weighted by atomic mass is 35.5. The maximum atomic E-state index is 12.0. The first-order valence-electron chi connectivity index (χ1n) is 6.26. The SMILES string of the molecule is CC(C)CCC(C)NC(=O)c1cc(Cl)ccc1N. The summed E-state index contributed by atoms with van der Waals surface area (Å²) in [5, 5.41) is 3.46. The lowest BCUT2D eigenvalue weighted by Crippen LogP contribution is -2.33. The Labute approximate surface area is 114 Å². The number of rotatable bonds is 5. The summed E-state index contributed by atoms with van der Waals surface area (Å²) in [5.74, 6) is 0.479. The first kappa shape index (κ1) is 14.8. The Morgan fingerprint density at radius 1 is 1.33 bits per heavy atom. The van der Waals surface area contributed by atoms with E-state index in [9.17, 15) is 4.79 Å². The molecule has 1 amide bonds. The van der Waals surface area contributed by atoms with Crippen molar-refractivity contribution >= 4 is 23.2 Å². The van der Waals surface area contributed by atoms with E-state index in [-0.39, 0.29) is 11.9 Å². The lowest BCUT2D eigenvalue weighted by Gasteiger charge is -2.16. The average Bonchev–Trinajstić information content (AvgIpc) is 2.29. The zero-order valence-corrected chi connectivity index (χ0v) is 11.9. The fraction of sp³-hybridized carbons (Fsp3) is 0.500. The quantitative estimate of drug-likeness (QED) is 0.804. The minimum absolute atomic E-state index is 0.137. The number of nitrogens with one attached hydrogen (secondary N) is 1. The van der Waals surface area contributed by atoms with Gasteiger partial charge in [-0.2, -0.15) is 0 Å². The van der Waals surface area contributed by atoms with Gasteiger partial charge in [0.05, 0.1) is 5.56 Å². The molecule has 18 heavy (non-hydrogen) atoms. The smallest absolute Gasteiger partial charge is 0.253 e. The Morgan fingerprint density at radius 3 is 2.61 bits per heavy atom. The van der Waals surface area contributed by atoms with Gasteiger partial charge in [0.2, 0.25) is 0 Å². The highest BCUT2D eigenvalue weighted by Crippen LogP contribution is 2.18. The predicted octanol–water partition coefficient (Wildman–Crippen LogP) is 3.48. The molecule has 0 spiro atoms. The molecule has 1 aromatic rings. The molecule has 0 aromatic heterocycles. The van der Waals surface area contributed by atoms with Gasteiger partial charge in [-0.1, -0.05) is 25.4 Å². The van der Waals surface area contributed by atoms with E-state index < -0.39 is 0 Å². The summed E-state index contributed by atoms with van der Waals surface area (Å²) < 4.78 is 0. The number of carbonyl (C=O) groups excluding carboxylic acids is 1. The van der Waals surface area contributed by atoms with Crippen LogP contribution in [-0.4, -0.2) is 11.9 Å². The number of amides is 1. The lowest BCUT2D eigenvalue weighted by atomic mass is 10.0. The van der Waals surface area contributed by atoms with Crippen LogP contribution in [0.4, 0.5) is 5.69 Å². The second-order valence-electron chi connectivity index (χ2n) is 5.08. The van der Waals surface area contributed by atoms with E-state index in [0.29, 0.717) is 22.2 Å². The van der Waals surface area contributed by atoms with Gasteiger partial charge in [-0.25, -0.2) is 0 Å². The molecule has 3 nitrogen and oxygen atoms in total. The van der Waals surface area contributed by atoms with E-state index in [1.807, 2.05) is 6.92 Å². The number of benzene rings is 1. The van der Waals surface area contributed by atoms with Crippen molar-refractivity contribution in [3.05, 3.63) is 28.8 Å². The van der Waals surface area contributed by atoms with Gasteiger partial charge < -0.3 is 11.1 Å². The van der Waals surface area contributed by atoms with Crippen LogP contribution in [0.3, 0.4) is 0 Å². The van der Waals surface area contributed by atoms with Gasteiger partial charge in [0.15, 0.2) is 0 Å². The Bertz CT molecular complexity index is 418. The number of hydrogen-bond acceptors (Lipinski definition) is 2. The molecule has 0 radical (unpaired) electrons. The number of nitrogens with two attached hydrogens (primary N) is 1. The summed E-state index contributed by atoms with van der Waals surface area (Å²) in [5.41, 5.74) is 6.66. The third-order valence-corrected chi connectivity index (χ3v) is 3.05. The summed E-state index contributed by atoms with van der Waals surface area (Å²) in [6, 6.07) is 5.06. The summed E-state index contributed by atoms with van der Waals surface area (Å²) in [4.78, 5) is 12.0. The van der Waals surface area contributed by atoms with E-state index in [2.05, 4.69) is 19.2 Å². The van der Waals surface area contributed by atoms with Gasteiger partial charge >= 0.3 is 0 Å². The van der Waals surface area contributed by atoms with Crippen molar-refractivity contribution in [2.75, 3.05) is 5.73 Å². The maximum absolute atomic E-state index is 12.0. The summed E-state index contributed by atoms with van der Waals surface area (Å²) >= 11 is 5.86. The number of carbonyl (C=O) groups is 1. The van der Waals surface area contributed by atoms with Crippen molar-refractivity contribution in [3.8, 4) is 0 Å². The molecule has 0 aliphatic heterocycles. The van der Waals surface area contributed by atoms with Crippen LogP contribution in [-0.2, 0) is 0 Å². The number of anilines is 1. The second kappa shape index (κ2) is 6.64. The van der Waals surface area contributed by atoms with Crippen LogP contribution in [0.15, 0.2) is 18.2 Å². The standard InChI is InChI=1S/C14H21ClN2O/c1-9(2)4-5-10(3)17-14(18)12-8-11(15)6-7-13(12)16/h6-10H,4-5,16H2,1-3H3,(H,17,18). The zero-order chi connectivity index (χ0) is 13.7. The molecule has 1 atom stereocenters. The highest BCUT2D eigenvalue weighted by molar-refractivity contribution is 6.31. The number of halogens is 1. The molecule has 100 valence electrons. The molecule has 1 aromatic carbocycles. The molecule has 0 fully saturated rings. The minimum atomic E-state index is -0.161.